The molecule has 1 N–H and O–H groups in total. The Labute approximate surface area is 112 Å². The summed E-state index contributed by atoms with van der Waals surface area (Å²) in [5.41, 5.74) is 0.914. The van der Waals surface area contributed by atoms with Crippen LogP contribution in [0.1, 0.15) is 12.6 Å². The molecule has 19 heavy (non-hydrogen) atoms. The molecule has 0 bridgehead atoms. The van der Waals surface area contributed by atoms with Gasteiger partial charge in [-0.1, -0.05) is 6.07 Å². The van der Waals surface area contributed by atoms with E-state index in [1.807, 2.05) is 18.2 Å². The van der Waals surface area contributed by atoms with Crippen LogP contribution in [0.2, 0.25) is 0 Å². The van der Waals surface area contributed by atoms with E-state index in [0.29, 0.717) is 13.0 Å². The van der Waals surface area contributed by atoms with E-state index in [1.165, 1.54) is 14.0 Å². The summed E-state index contributed by atoms with van der Waals surface area (Å²) in [6, 6.07) is 4.87. The van der Waals surface area contributed by atoms with E-state index < -0.39 is 12.0 Å². The normalized spacial score (nSPS) is 11.7. The van der Waals surface area contributed by atoms with Gasteiger partial charge < -0.3 is 14.8 Å². The lowest BCUT2D eigenvalue weighted by atomic mass is 10.3. The zero-order chi connectivity index (χ0) is 14.1. The SMILES string of the molecule is COC(=O)C(COCCc1ccccn1)NC(C)=O. The second-order valence-corrected chi connectivity index (χ2v) is 3.92. The third-order valence-electron chi connectivity index (χ3n) is 2.38. The Morgan fingerprint density at radius 3 is 2.79 bits per heavy atom. The van der Waals surface area contributed by atoms with Gasteiger partial charge in [-0.15, -0.1) is 0 Å². The first-order valence-corrected chi connectivity index (χ1v) is 5.96. The predicted molar refractivity (Wildman–Crippen MR) is 68.4 cm³/mol. The van der Waals surface area contributed by atoms with E-state index in [9.17, 15) is 9.59 Å². The van der Waals surface area contributed by atoms with Crippen molar-refractivity contribution in [2.24, 2.45) is 0 Å². The average Bonchev–Trinajstić information content (AvgIpc) is 2.42. The van der Waals surface area contributed by atoms with E-state index >= 15 is 0 Å². The molecular weight excluding hydrogens is 248 g/mol. The van der Waals surface area contributed by atoms with Crippen LogP contribution in [0.4, 0.5) is 0 Å². The van der Waals surface area contributed by atoms with Crippen molar-refractivity contribution >= 4 is 11.9 Å². The lowest BCUT2D eigenvalue weighted by molar-refractivity contribution is -0.146. The fraction of sp³-hybridized carbons (Fsp3) is 0.462. The highest BCUT2D eigenvalue weighted by Crippen LogP contribution is 1.96. The molecule has 0 spiro atoms. The highest BCUT2D eigenvalue weighted by atomic mass is 16.5. The van der Waals surface area contributed by atoms with Crippen LogP contribution < -0.4 is 5.32 Å². The third-order valence-corrected chi connectivity index (χ3v) is 2.38. The first-order valence-electron chi connectivity index (χ1n) is 5.96. The number of rotatable bonds is 7. The van der Waals surface area contributed by atoms with E-state index in [2.05, 4.69) is 15.0 Å². The lowest BCUT2D eigenvalue weighted by Gasteiger charge is -2.15. The van der Waals surface area contributed by atoms with Crippen molar-refractivity contribution in [3.63, 3.8) is 0 Å². The van der Waals surface area contributed by atoms with Crippen molar-refractivity contribution in [3.05, 3.63) is 30.1 Å². The zero-order valence-corrected chi connectivity index (χ0v) is 11.1. The largest absolute Gasteiger partial charge is 0.467 e. The molecule has 0 fully saturated rings. The molecule has 1 atom stereocenters. The summed E-state index contributed by atoms with van der Waals surface area (Å²) in [4.78, 5) is 26.5. The van der Waals surface area contributed by atoms with E-state index in [4.69, 9.17) is 4.74 Å². The van der Waals surface area contributed by atoms with Gasteiger partial charge in [-0.3, -0.25) is 9.78 Å². The first-order chi connectivity index (χ1) is 9.13. The smallest absolute Gasteiger partial charge is 0.330 e. The van der Waals surface area contributed by atoms with Gasteiger partial charge >= 0.3 is 5.97 Å². The minimum Gasteiger partial charge on any atom is -0.467 e. The van der Waals surface area contributed by atoms with Crippen molar-refractivity contribution in [3.8, 4) is 0 Å². The summed E-state index contributed by atoms with van der Waals surface area (Å²) < 4.78 is 9.95. The number of carbonyl (C=O) groups is 2. The van der Waals surface area contributed by atoms with Crippen molar-refractivity contribution in [2.45, 2.75) is 19.4 Å². The van der Waals surface area contributed by atoms with Gasteiger partial charge in [-0.25, -0.2) is 4.79 Å². The summed E-state index contributed by atoms with van der Waals surface area (Å²) in [6.07, 6.45) is 2.36. The summed E-state index contributed by atoms with van der Waals surface area (Å²) in [5, 5.41) is 2.48. The third kappa shape index (κ3) is 5.96. The Morgan fingerprint density at radius 1 is 1.42 bits per heavy atom. The van der Waals surface area contributed by atoms with Gasteiger partial charge in [0.05, 0.1) is 20.3 Å². The van der Waals surface area contributed by atoms with Crippen molar-refractivity contribution in [1.82, 2.24) is 10.3 Å². The topological polar surface area (TPSA) is 77.5 Å². The second kappa shape index (κ2) is 8.20. The van der Waals surface area contributed by atoms with Crippen LogP contribution in [0.15, 0.2) is 24.4 Å². The predicted octanol–water partition coefficient (Wildman–Crippen LogP) is 0.318. The standard InChI is InChI=1S/C13H18N2O4/c1-10(16)15-12(13(17)18-2)9-19-8-6-11-5-3-4-7-14-11/h3-5,7,12H,6,8-9H2,1-2H3,(H,15,16). The number of hydrogen-bond acceptors (Lipinski definition) is 5. The molecule has 0 aliphatic heterocycles. The van der Waals surface area contributed by atoms with Crippen LogP contribution in [-0.2, 0) is 25.5 Å². The van der Waals surface area contributed by atoms with Crippen LogP contribution in [0.3, 0.4) is 0 Å². The molecule has 1 rings (SSSR count). The van der Waals surface area contributed by atoms with Gasteiger partial charge in [0.25, 0.3) is 0 Å². The molecule has 0 aliphatic carbocycles. The van der Waals surface area contributed by atoms with E-state index in [1.54, 1.807) is 6.20 Å². The number of aromatic nitrogens is 1. The number of pyridine rings is 1. The Hall–Kier alpha value is -1.95. The number of amides is 1. The Morgan fingerprint density at radius 2 is 2.21 bits per heavy atom. The Kier molecular flexibility index (Phi) is 6.52. The summed E-state index contributed by atoms with van der Waals surface area (Å²) in [7, 11) is 1.27. The molecule has 1 aromatic heterocycles. The zero-order valence-electron chi connectivity index (χ0n) is 11.1. The maximum absolute atomic E-state index is 11.4. The maximum Gasteiger partial charge on any atom is 0.330 e. The quantitative estimate of drug-likeness (QED) is 0.568. The van der Waals surface area contributed by atoms with Gasteiger partial charge in [-0.05, 0) is 12.1 Å². The van der Waals surface area contributed by atoms with Gasteiger partial charge in [0.2, 0.25) is 5.91 Å². The number of nitrogens with zero attached hydrogens (tertiary/aromatic N) is 1. The summed E-state index contributed by atoms with van der Waals surface area (Å²) in [5.74, 6) is -0.822. The minimum absolute atomic E-state index is 0.0824. The Bertz CT molecular complexity index is 408. The molecule has 1 unspecified atom stereocenters. The fourth-order valence-electron chi connectivity index (χ4n) is 1.48. The van der Waals surface area contributed by atoms with E-state index in [-0.39, 0.29) is 12.5 Å². The fourth-order valence-corrected chi connectivity index (χ4v) is 1.48. The molecule has 1 aromatic rings. The van der Waals surface area contributed by atoms with Gasteiger partial charge in [0.15, 0.2) is 6.04 Å². The molecule has 1 amide bonds. The number of methoxy groups -OCH3 is 1. The van der Waals surface area contributed by atoms with Crippen LogP contribution in [-0.4, -0.2) is 43.2 Å². The molecule has 0 aromatic carbocycles. The first kappa shape index (κ1) is 15.1. The van der Waals surface area contributed by atoms with Crippen molar-refractivity contribution < 1.29 is 19.1 Å². The van der Waals surface area contributed by atoms with Gasteiger partial charge in [0, 0.05) is 25.2 Å². The van der Waals surface area contributed by atoms with Crippen LogP contribution in [0.5, 0.6) is 0 Å². The van der Waals surface area contributed by atoms with Gasteiger partial charge in [-0.2, -0.15) is 0 Å². The number of esters is 1. The average molecular weight is 266 g/mol. The molecule has 6 nitrogen and oxygen atoms in total. The number of ether oxygens (including phenoxy) is 2. The number of nitrogens with one attached hydrogen (secondary N) is 1. The Balaban J connectivity index is 2.32. The number of hydrogen-bond donors (Lipinski definition) is 1. The van der Waals surface area contributed by atoms with Crippen molar-refractivity contribution in [2.75, 3.05) is 20.3 Å². The molecule has 0 aliphatic rings. The van der Waals surface area contributed by atoms with Crippen LogP contribution in [0, 0.1) is 0 Å². The number of carbonyl (C=O) groups excluding carboxylic acids is 2. The highest BCUT2D eigenvalue weighted by Gasteiger charge is 2.19. The molecule has 0 saturated heterocycles. The van der Waals surface area contributed by atoms with E-state index in [0.717, 1.165) is 5.69 Å². The molecule has 1 heterocycles. The highest BCUT2D eigenvalue weighted by molar-refractivity contribution is 5.83. The molecule has 0 radical (unpaired) electrons. The summed E-state index contributed by atoms with van der Waals surface area (Å²) >= 11 is 0. The van der Waals surface area contributed by atoms with Gasteiger partial charge in [0.1, 0.15) is 0 Å². The second-order valence-electron chi connectivity index (χ2n) is 3.92. The van der Waals surface area contributed by atoms with Crippen LogP contribution in [0.25, 0.3) is 0 Å². The monoisotopic (exact) mass is 266 g/mol. The molecule has 6 heteroatoms. The van der Waals surface area contributed by atoms with Crippen molar-refractivity contribution in [1.29, 1.82) is 0 Å². The maximum atomic E-state index is 11.4. The molecular formula is C13H18N2O4. The molecule has 104 valence electrons. The molecule has 0 saturated carbocycles. The minimum atomic E-state index is -0.772. The van der Waals surface area contributed by atoms with Crippen LogP contribution >= 0.6 is 0 Å². The lowest BCUT2D eigenvalue weighted by Crippen LogP contribution is -2.43. The summed E-state index contributed by atoms with van der Waals surface area (Å²) in [6.45, 7) is 1.84.